The van der Waals surface area contributed by atoms with E-state index in [0.29, 0.717) is 6.10 Å². The SMILES string of the molecule is CCNC(=NCCCOC1CCOCC1)N1CCN(c2ccc(F)cc2)CC1. The van der Waals surface area contributed by atoms with Crippen LogP contribution in [0, 0.1) is 5.82 Å². The maximum Gasteiger partial charge on any atom is 0.194 e. The molecule has 1 aromatic carbocycles. The number of hydrogen-bond acceptors (Lipinski definition) is 4. The molecule has 6 nitrogen and oxygen atoms in total. The average molecular weight is 393 g/mol. The highest BCUT2D eigenvalue weighted by Crippen LogP contribution is 2.17. The summed E-state index contributed by atoms with van der Waals surface area (Å²) in [6.07, 6.45) is 3.29. The number of nitrogens with zero attached hydrogens (tertiary/aromatic N) is 3. The van der Waals surface area contributed by atoms with Crippen LogP contribution in [0.2, 0.25) is 0 Å². The van der Waals surface area contributed by atoms with Crippen molar-refractivity contribution < 1.29 is 13.9 Å². The van der Waals surface area contributed by atoms with Crippen LogP contribution in [0.1, 0.15) is 26.2 Å². The summed E-state index contributed by atoms with van der Waals surface area (Å²) in [4.78, 5) is 9.39. The normalized spacial score (nSPS) is 19.1. The first-order valence-corrected chi connectivity index (χ1v) is 10.5. The van der Waals surface area contributed by atoms with Crippen LogP contribution in [-0.4, -0.2) is 76.1 Å². The highest BCUT2D eigenvalue weighted by Gasteiger charge is 2.20. The van der Waals surface area contributed by atoms with Crippen molar-refractivity contribution in [2.45, 2.75) is 32.3 Å². The van der Waals surface area contributed by atoms with Gasteiger partial charge in [-0.2, -0.15) is 0 Å². The maximum atomic E-state index is 13.1. The third-order valence-corrected chi connectivity index (χ3v) is 5.19. The molecule has 1 aromatic rings. The van der Waals surface area contributed by atoms with Crippen molar-refractivity contribution in [1.29, 1.82) is 0 Å². The molecule has 0 spiro atoms. The Balaban J connectivity index is 1.41. The summed E-state index contributed by atoms with van der Waals surface area (Å²) in [5.41, 5.74) is 1.08. The first-order chi connectivity index (χ1) is 13.8. The standard InChI is InChI=1S/C21H33FN4O2/c1-2-23-21(24-10-3-15-28-20-8-16-27-17-9-20)26-13-11-25(12-14-26)19-6-4-18(22)5-7-19/h4-7,20H,2-3,8-17H2,1H3,(H,23,24). The van der Waals surface area contributed by atoms with Gasteiger partial charge in [-0.3, -0.25) is 4.99 Å². The number of aliphatic imine (C=N–C) groups is 1. The minimum atomic E-state index is -0.190. The molecule has 0 saturated carbocycles. The van der Waals surface area contributed by atoms with Crippen LogP contribution in [0.3, 0.4) is 0 Å². The Morgan fingerprint density at radius 2 is 1.89 bits per heavy atom. The van der Waals surface area contributed by atoms with Crippen LogP contribution in [0.15, 0.2) is 29.3 Å². The molecule has 3 rings (SSSR count). The van der Waals surface area contributed by atoms with Gasteiger partial charge in [0.1, 0.15) is 5.82 Å². The van der Waals surface area contributed by atoms with E-state index in [1.54, 1.807) is 0 Å². The largest absolute Gasteiger partial charge is 0.381 e. The lowest BCUT2D eigenvalue weighted by Crippen LogP contribution is -2.52. The van der Waals surface area contributed by atoms with Crippen molar-refractivity contribution >= 4 is 11.6 Å². The van der Waals surface area contributed by atoms with Crippen molar-refractivity contribution in [2.24, 2.45) is 4.99 Å². The maximum absolute atomic E-state index is 13.1. The second-order valence-electron chi connectivity index (χ2n) is 7.22. The quantitative estimate of drug-likeness (QED) is 0.439. The van der Waals surface area contributed by atoms with E-state index >= 15 is 0 Å². The van der Waals surface area contributed by atoms with Crippen molar-refractivity contribution in [3.63, 3.8) is 0 Å². The van der Waals surface area contributed by atoms with Gasteiger partial charge in [-0.25, -0.2) is 4.39 Å². The molecular formula is C21H33FN4O2. The molecule has 0 aliphatic carbocycles. The number of anilines is 1. The van der Waals surface area contributed by atoms with Gasteiger partial charge in [-0.05, 0) is 50.5 Å². The third kappa shape index (κ3) is 6.34. The molecule has 2 heterocycles. The molecule has 1 N–H and O–H groups in total. The van der Waals surface area contributed by atoms with E-state index in [-0.39, 0.29) is 5.82 Å². The number of guanidine groups is 1. The first kappa shape index (κ1) is 20.9. The Bertz CT molecular complexity index is 597. The highest BCUT2D eigenvalue weighted by atomic mass is 19.1. The predicted octanol–water partition coefficient (Wildman–Crippen LogP) is 2.50. The molecule has 156 valence electrons. The zero-order valence-corrected chi connectivity index (χ0v) is 16.9. The second-order valence-corrected chi connectivity index (χ2v) is 7.22. The summed E-state index contributed by atoms with van der Waals surface area (Å²) >= 11 is 0. The lowest BCUT2D eigenvalue weighted by molar-refractivity contribution is -0.0318. The van der Waals surface area contributed by atoms with Gasteiger partial charge in [0.05, 0.1) is 6.10 Å². The van der Waals surface area contributed by atoms with Crippen molar-refractivity contribution in [1.82, 2.24) is 10.2 Å². The number of ether oxygens (including phenoxy) is 2. The minimum absolute atomic E-state index is 0.190. The van der Waals surface area contributed by atoms with Crippen LogP contribution in [0.25, 0.3) is 0 Å². The molecule has 2 aliphatic rings. The van der Waals surface area contributed by atoms with Crippen molar-refractivity contribution in [2.75, 3.05) is 64.0 Å². The molecule has 7 heteroatoms. The molecule has 2 fully saturated rings. The van der Waals surface area contributed by atoms with Gasteiger partial charge in [0, 0.05) is 64.8 Å². The molecule has 0 radical (unpaired) electrons. The van der Waals surface area contributed by atoms with E-state index in [9.17, 15) is 4.39 Å². The number of nitrogens with one attached hydrogen (secondary N) is 1. The van der Waals surface area contributed by atoms with E-state index in [2.05, 4.69) is 22.0 Å². The number of piperazine rings is 1. The molecule has 0 aromatic heterocycles. The van der Waals surface area contributed by atoms with E-state index in [1.165, 1.54) is 12.1 Å². The van der Waals surface area contributed by atoms with E-state index < -0.39 is 0 Å². The van der Waals surface area contributed by atoms with Crippen LogP contribution in [0.4, 0.5) is 10.1 Å². The molecule has 0 unspecified atom stereocenters. The summed E-state index contributed by atoms with van der Waals surface area (Å²) in [7, 11) is 0. The van der Waals surface area contributed by atoms with Crippen LogP contribution >= 0.6 is 0 Å². The number of benzene rings is 1. The minimum Gasteiger partial charge on any atom is -0.381 e. The van der Waals surface area contributed by atoms with Crippen LogP contribution in [0.5, 0.6) is 0 Å². The van der Waals surface area contributed by atoms with Gasteiger partial charge >= 0.3 is 0 Å². The zero-order valence-electron chi connectivity index (χ0n) is 16.9. The summed E-state index contributed by atoms with van der Waals surface area (Å²) < 4.78 is 24.4. The topological polar surface area (TPSA) is 49.3 Å². The molecule has 0 bridgehead atoms. The number of hydrogen-bond donors (Lipinski definition) is 1. The predicted molar refractivity (Wildman–Crippen MR) is 111 cm³/mol. The van der Waals surface area contributed by atoms with E-state index in [1.807, 2.05) is 12.1 Å². The Morgan fingerprint density at radius 1 is 1.18 bits per heavy atom. The fourth-order valence-electron chi connectivity index (χ4n) is 3.60. The summed E-state index contributed by atoms with van der Waals surface area (Å²) in [5, 5.41) is 3.41. The lowest BCUT2D eigenvalue weighted by atomic mass is 10.1. The van der Waals surface area contributed by atoms with E-state index in [0.717, 1.165) is 90.0 Å². The Kier molecular flexibility index (Phi) is 8.36. The van der Waals surface area contributed by atoms with Gasteiger partial charge < -0.3 is 24.6 Å². The Labute approximate surface area is 167 Å². The first-order valence-electron chi connectivity index (χ1n) is 10.5. The van der Waals surface area contributed by atoms with Crippen LogP contribution < -0.4 is 10.2 Å². The Hall–Kier alpha value is -1.86. The third-order valence-electron chi connectivity index (χ3n) is 5.19. The van der Waals surface area contributed by atoms with Crippen LogP contribution in [-0.2, 0) is 9.47 Å². The molecule has 2 aliphatic heterocycles. The van der Waals surface area contributed by atoms with Gasteiger partial charge in [-0.1, -0.05) is 0 Å². The Morgan fingerprint density at radius 3 is 2.57 bits per heavy atom. The molecule has 28 heavy (non-hydrogen) atoms. The van der Waals surface area contributed by atoms with Crippen molar-refractivity contribution in [3.05, 3.63) is 30.1 Å². The second kappa shape index (κ2) is 11.2. The highest BCUT2D eigenvalue weighted by molar-refractivity contribution is 5.80. The summed E-state index contributed by atoms with van der Waals surface area (Å²) in [5.74, 6) is 0.789. The fourth-order valence-corrected chi connectivity index (χ4v) is 3.60. The zero-order chi connectivity index (χ0) is 19.6. The van der Waals surface area contributed by atoms with Crippen molar-refractivity contribution in [3.8, 4) is 0 Å². The molecule has 0 amide bonds. The molecule has 0 atom stereocenters. The number of halogens is 1. The average Bonchev–Trinajstić information content (AvgIpc) is 2.74. The molecule has 2 saturated heterocycles. The van der Waals surface area contributed by atoms with Gasteiger partial charge in [-0.15, -0.1) is 0 Å². The number of rotatable bonds is 7. The fraction of sp³-hybridized carbons (Fsp3) is 0.667. The van der Waals surface area contributed by atoms with Gasteiger partial charge in [0.15, 0.2) is 5.96 Å². The van der Waals surface area contributed by atoms with Gasteiger partial charge in [0.2, 0.25) is 0 Å². The van der Waals surface area contributed by atoms with Gasteiger partial charge in [0.25, 0.3) is 0 Å². The lowest BCUT2D eigenvalue weighted by Gasteiger charge is -2.37. The summed E-state index contributed by atoms with van der Waals surface area (Å²) in [6, 6.07) is 6.75. The molecular weight excluding hydrogens is 359 g/mol. The smallest absolute Gasteiger partial charge is 0.194 e. The summed E-state index contributed by atoms with van der Waals surface area (Å²) in [6.45, 7) is 9.73. The van der Waals surface area contributed by atoms with E-state index in [4.69, 9.17) is 14.5 Å². The monoisotopic (exact) mass is 392 g/mol.